The van der Waals surface area contributed by atoms with Crippen LogP contribution in [0.5, 0.6) is 0 Å². The van der Waals surface area contributed by atoms with E-state index in [0.717, 1.165) is 0 Å². The van der Waals surface area contributed by atoms with Crippen molar-refractivity contribution < 1.29 is 0 Å². The van der Waals surface area contributed by atoms with Crippen molar-refractivity contribution >= 4 is 34.7 Å². The number of aryl methyl sites for hydroxylation is 1. The van der Waals surface area contributed by atoms with Crippen LogP contribution in [0, 0.1) is 0 Å². The van der Waals surface area contributed by atoms with Crippen molar-refractivity contribution in [3.05, 3.63) is 91.1 Å². The van der Waals surface area contributed by atoms with Gasteiger partial charge in [0.25, 0.3) is 0 Å². The summed E-state index contributed by atoms with van der Waals surface area (Å²) >= 11 is 0. The molecular formula is C21H18NP. The van der Waals surface area contributed by atoms with Crippen LogP contribution in [0.3, 0.4) is 0 Å². The molecule has 0 aliphatic rings. The van der Waals surface area contributed by atoms with E-state index in [1.165, 1.54) is 26.8 Å². The first-order chi connectivity index (χ1) is 11.3. The Morgan fingerprint density at radius 2 is 1.17 bits per heavy atom. The maximum absolute atomic E-state index is 2.30. The van der Waals surface area contributed by atoms with Crippen LogP contribution in [0.15, 0.2) is 91.1 Å². The fraction of sp³-hybridized carbons (Fsp3) is 0.0476. The van der Waals surface area contributed by atoms with Crippen LogP contribution in [0.25, 0.3) is 10.9 Å². The third-order valence-corrected chi connectivity index (χ3v) is 6.61. The zero-order chi connectivity index (χ0) is 15.6. The molecule has 4 rings (SSSR count). The average Bonchev–Trinajstić information content (AvgIpc) is 2.94. The summed E-state index contributed by atoms with van der Waals surface area (Å²) in [7, 11) is 1.59. The van der Waals surface area contributed by atoms with Gasteiger partial charge in [-0.1, -0.05) is 78.9 Å². The molecule has 0 bridgehead atoms. The SMILES string of the molecule is Cn1cc(P(c2ccccc2)c2ccccc2)c2ccccc21. The summed E-state index contributed by atoms with van der Waals surface area (Å²) in [5.74, 6) is 0. The minimum Gasteiger partial charge on any atom is -0.350 e. The van der Waals surface area contributed by atoms with Gasteiger partial charge >= 0.3 is 0 Å². The molecule has 0 fully saturated rings. The second-order valence-corrected chi connectivity index (χ2v) is 7.83. The molecule has 1 aromatic heterocycles. The molecule has 0 unspecified atom stereocenters. The Hall–Kier alpha value is -2.37. The maximum atomic E-state index is 2.30. The van der Waals surface area contributed by atoms with Crippen molar-refractivity contribution in [3.63, 3.8) is 0 Å². The van der Waals surface area contributed by atoms with Crippen molar-refractivity contribution in [3.8, 4) is 0 Å². The highest BCUT2D eigenvalue weighted by Crippen LogP contribution is 2.36. The summed E-state index contributed by atoms with van der Waals surface area (Å²) in [5, 5.41) is 5.57. The fourth-order valence-corrected chi connectivity index (χ4v) is 5.59. The monoisotopic (exact) mass is 315 g/mol. The van der Waals surface area contributed by atoms with Gasteiger partial charge in [0.1, 0.15) is 0 Å². The van der Waals surface area contributed by atoms with Crippen LogP contribution in [0.1, 0.15) is 0 Å². The van der Waals surface area contributed by atoms with E-state index in [-0.39, 0.29) is 0 Å². The first-order valence-corrected chi connectivity index (χ1v) is 9.13. The molecule has 1 nitrogen and oxygen atoms in total. The number of hydrogen-bond donors (Lipinski definition) is 0. The Kier molecular flexibility index (Phi) is 3.73. The van der Waals surface area contributed by atoms with E-state index in [4.69, 9.17) is 0 Å². The number of benzene rings is 3. The lowest BCUT2D eigenvalue weighted by Crippen LogP contribution is -2.20. The van der Waals surface area contributed by atoms with Gasteiger partial charge < -0.3 is 4.57 Å². The average molecular weight is 315 g/mol. The second kappa shape index (κ2) is 6.02. The Morgan fingerprint density at radius 1 is 0.652 bits per heavy atom. The van der Waals surface area contributed by atoms with Crippen molar-refractivity contribution in [2.75, 3.05) is 0 Å². The Morgan fingerprint density at radius 3 is 1.78 bits per heavy atom. The summed E-state index contributed by atoms with van der Waals surface area (Å²) in [5.41, 5.74) is 1.29. The molecule has 2 heteroatoms. The van der Waals surface area contributed by atoms with Crippen molar-refractivity contribution in [1.29, 1.82) is 0 Å². The van der Waals surface area contributed by atoms with Crippen LogP contribution < -0.4 is 15.9 Å². The van der Waals surface area contributed by atoms with E-state index < -0.39 is 7.92 Å². The van der Waals surface area contributed by atoms with Crippen LogP contribution in [-0.4, -0.2) is 4.57 Å². The lowest BCUT2D eigenvalue weighted by molar-refractivity contribution is 0.972. The number of para-hydroxylation sites is 1. The molecule has 0 aliphatic heterocycles. The molecule has 0 amide bonds. The summed E-state index contributed by atoms with van der Waals surface area (Å²) < 4.78 is 2.24. The Labute approximate surface area is 138 Å². The molecule has 0 radical (unpaired) electrons. The van der Waals surface area contributed by atoms with Crippen LogP contribution in [0.2, 0.25) is 0 Å². The molecule has 3 aromatic carbocycles. The highest BCUT2D eigenvalue weighted by Gasteiger charge is 2.20. The Bertz CT molecular complexity index is 886. The summed E-state index contributed by atoms with van der Waals surface area (Å²) in [6.07, 6.45) is 2.30. The smallest absolute Gasteiger partial charge is 0.0484 e. The number of aromatic nitrogens is 1. The highest BCUT2D eigenvalue weighted by atomic mass is 31.1. The van der Waals surface area contributed by atoms with E-state index in [9.17, 15) is 0 Å². The lowest BCUT2D eigenvalue weighted by atomic mass is 10.2. The standard InChI is InChI=1S/C21H18NP/c1-22-16-21(19-14-8-9-15-20(19)22)23(17-10-4-2-5-11-17)18-12-6-3-7-13-18/h2-16H,1H3. The molecule has 4 aromatic rings. The van der Waals surface area contributed by atoms with Gasteiger partial charge in [0.2, 0.25) is 0 Å². The van der Waals surface area contributed by atoms with Gasteiger partial charge in [0.05, 0.1) is 0 Å². The fourth-order valence-electron chi connectivity index (χ4n) is 3.08. The first-order valence-electron chi connectivity index (χ1n) is 7.79. The minimum absolute atomic E-state index is 0.546. The van der Waals surface area contributed by atoms with Crippen molar-refractivity contribution in [2.24, 2.45) is 7.05 Å². The number of hydrogen-bond acceptors (Lipinski definition) is 0. The zero-order valence-corrected chi connectivity index (χ0v) is 13.9. The first kappa shape index (κ1) is 14.2. The van der Waals surface area contributed by atoms with Gasteiger partial charge in [-0.2, -0.15) is 0 Å². The number of rotatable bonds is 3. The zero-order valence-electron chi connectivity index (χ0n) is 13.1. The van der Waals surface area contributed by atoms with Crippen molar-refractivity contribution in [2.45, 2.75) is 0 Å². The highest BCUT2D eigenvalue weighted by molar-refractivity contribution is 7.80. The van der Waals surface area contributed by atoms with Gasteiger partial charge in [0, 0.05) is 29.5 Å². The third-order valence-electron chi connectivity index (χ3n) is 4.15. The molecular weight excluding hydrogens is 297 g/mol. The quantitative estimate of drug-likeness (QED) is 0.505. The maximum Gasteiger partial charge on any atom is 0.0484 e. The molecule has 0 saturated heterocycles. The summed E-state index contributed by atoms with van der Waals surface area (Å²) in [6, 6.07) is 30.4. The Balaban J connectivity index is 1.98. The van der Waals surface area contributed by atoms with E-state index in [1.807, 2.05) is 0 Å². The summed E-state index contributed by atoms with van der Waals surface area (Å²) in [4.78, 5) is 0. The predicted octanol–water partition coefficient (Wildman–Crippen LogP) is 3.94. The van der Waals surface area contributed by atoms with E-state index in [0.29, 0.717) is 0 Å². The minimum atomic E-state index is -0.546. The van der Waals surface area contributed by atoms with Crippen molar-refractivity contribution in [1.82, 2.24) is 4.57 Å². The van der Waals surface area contributed by atoms with Gasteiger partial charge in [-0.15, -0.1) is 0 Å². The number of fused-ring (bicyclic) bond motifs is 1. The second-order valence-electron chi connectivity index (χ2n) is 5.65. The topological polar surface area (TPSA) is 4.93 Å². The van der Waals surface area contributed by atoms with Gasteiger partial charge in [-0.25, -0.2) is 0 Å². The molecule has 0 aliphatic carbocycles. The molecule has 1 heterocycles. The third kappa shape index (κ3) is 2.58. The number of nitrogens with zero attached hydrogens (tertiary/aromatic N) is 1. The normalized spacial score (nSPS) is 11.2. The van der Waals surface area contributed by atoms with E-state index in [2.05, 4.69) is 103 Å². The molecule has 0 saturated carbocycles. The van der Waals surface area contributed by atoms with Gasteiger partial charge in [0.15, 0.2) is 0 Å². The largest absolute Gasteiger partial charge is 0.350 e. The summed E-state index contributed by atoms with van der Waals surface area (Å²) in [6.45, 7) is 0. The molecule has 0 atom stereocenters. The molecule has 0 N–H and O–H groups in total. The van der Waals surface area contributed by atoms with E-state index >= 15 is 0 Å². The molecule has 23 heavy (non-hydrogen) atoms. The van der Waals surface area contributed by atoms with Crippen LogP contribution in [0.4, 0.5) is 0 Å². The van der Waals surface area contributed by atoms with Gasteiger partial charge in [-0.05, 0) is 24.6 Å². The van der Waals surface area contributed by atoms with Gasteiger partial charge in [-0.3, -0.25) is 0 Å². The molecule has 112 valence electrons. The van der Waals surface area contributed by atoms with Crippen LogP contribution in [-0.2, 0) is 7.05 Å². The predicted molar refractivity (Wildman–Crippen MR) is 102 cm³/mol. The van der Waals surface area contributed by atoms with Crippen LogP contribution >= 0.6 is 7.92 Å². The lowest BCUT2D eigenvalue weighted by Gasteiger charge is -2.18. The molecule has 0 spiro atoms. The van der Waals surface area contributed by atoms with E-state index in [1.54, 1.807) is 0 Å².